The zero-order chi connectivity index (χ0) is 28.7. The van der Waals surface area contributed by atoms with Crippen LogP contribution in [0, 0.1) is 0 Å². The molecule has 39 heavy (non-hydrogen) atoms. The number of unbranched alkanes of at least 4 members (excludes halogenated alkanes) is 6. The summed E-state index contributed by atoms with van der Waals surface area (Å²) in [7, 11) is 0. The van der Waals surface area contributed by atoms with Crippen molar-refractivity contribution in [1.82, 2.24) is 5.32 Å². The van der Waals surface area contributed by atoms with E-state index in [1.165, 1.54) is 32.1 Å². The lowest BCUT2D eigenvalue weighted by atomic mass is 10.1. The smallest absolute Gasteiger partial charge is 0.220 e. The van der Waals surface area contributed by atoms with E-state index in [4.69, 9.17) is 0 Å². The van der Waals surface area contributed by atoms with Crippen molar-refractivity contribution in [3.8, 4) is 0 Å². The first-order chi connectivity index (χ1) is 19.2. The molecule has 0 bridgehead atoms. The Balaban J connectivity index is 3.89. The van der Waals surface area contributed by atoms with Crippen molar-refractivity contribution in [1.29, 1.82) is 0 Å². The molecular weight excluding hydrogens is 482 g/mol. The predicted octanol–water partition coefficient (Wildman–Crippen LogP) is 8.61. The molecule has 4 nitrogen and oxygen atoms in total. The van der Waals surface area contributed by atoms with Crippen LogP contribution in [-0.4, -0.2) is 34.9 Å². The molecular formula is C35H57NO3. The summed E-state index contributed by atoms with van der Waals surface area (Å²) in [6.45, 7) is 4.08. The molecule has 0 spiro atoms. The summed E-state index contributed by atoms with van der Waals surface area (Å²) in [5, 5.41) is 22.6. The molecule has 0 aliphatic heterocycles. The maximum Gasteiger partial charge on any atom is 0.220 e. The maximum atomic E-state index is 12.2. The highest BCUT2D eigenvalue weighted by Crippen LogP contribution is 2.08. The fraction of sp³-hybridized carbons (Fsp3) is 0.571. The van der Waals surface area contributed by atoms with E-state index in [0.29, 0.717) is 12.8 Å². The van der Waals surface area contributed by atoms with E-state index in [1.807, 2.05) is 12.2 Å². The molecule has 1 amide bonds. The number of carbonyl (C=O) groups excluding carboxylic acids is 1. The van der Waals surface area contributed by atoms with E-state index in [2.05, 4.69) is 86.0 Å². The summed E-state index contributed by atoms with van der Waals surface area (Å²) < 4.78 is 0. The van der Waals surface area contributed by atoms with Gasteiger partial charge in [-0.3, -0.25) is 4.79 Å². The van der Waals surface area contributed by atoms with Crippen LogP contribution in [0.25, 0.3) is 0 Å². The second-order valence-electron chi connectivity index (χ2n) is 9.79. The van der Waals surface area contributed by atoms with Gasteiger partial charge in [-0.2, -0.15) is 0 Å². The largest absolute Gasteiger partial charge is 0.394 e. The summed E-state index contributed by atoms with van der Waals surface area (Å²) in [5.74, 6) is -0.156. The van der Waals surface area contributed by atoms with Crippen LogP contribution >= 0.6 is 0 Å². The third kappa shape index (κ3) is 26.9. The quantitative estimate of drug-likeness (QED) is 0.0803. The molecule has 0 aliphatic rings. The molecule has 3 N–H and O–H groups in total. The number of allylic oxidation sites excluding steroid dienone is 13. The summed E-state index contributed by atoms with van der Waals surface area (Å²) in [4.78, 5) is 12.2. The van der Waals surface area contributed by atoms with Gasteiger partial charge in [-0.15, -0.1) is 0 Å². The van der Waals surface area contributed by atoms with Gasteiger partial charge in [0.25, 0.3) is 0 Å². The number of amides is 1. The number of hydrogen-bond acceptors (Lipinski definition) is 3. The standard InChI is InChI=1S/C35H57NO3/c1-3-5-7-9-11-13-14-15-16-17-18-19-20-21-22-23-25-27-29-31-35(39)36-33(32-37)34(38)30-28-26-24-12-10-8-6-4-2/h5,7,11,13,15-16,18-19,21-22,25,27-28,30,33-34,37-38H,3-4,6,8-10,12,14,17,20,23-24,26,29,31-32H2,1-2H3,(H,36,39)/b7-5-,13-11-,16-15-,19-18-,22-21-,27-25-,30-28+. The van der Waals surface area contributed by atoms with E-state index in [-0.39, 0.29) is 12.5 Å². The summed E-state index contributed by atoms with van der Waals surface area (Å²) >= 11 is 0. The van der Waals surface area contributed by atoms with Gasteiger partial charge in [0, 0.05) is 6.42 Å². The van der Waals surface area contributed by atoms with Crippen molar-refractivity contribution in [3.05, 3.63) is 85.1 Å². The normalized spacial score (nSPS) is 14.5. The summed E-state index contributed by atoms with van der Waals surface area (Å²) in [6.07, 6.45) is 43.8. The van der Waals surface area contributed by atoms with Crippen molar-refractivity contribution in [2.75, 3.05) is 6.61 Å². The van der Waals surface area contributed by atoms with Crippen LogP contribution in [-0.2, 0) is 4.79 Å². The fourth-order valence-corrected chi connectivity index (χ4v) is 3.78. The fourth-order valence-electron chi connectivity index (χ4n) is 3.78. The number of aliphatic hydroxyl groups is 2. The van der Waals surface area contributed by atoms with E-state index >= 15 is 0 Å². The first-order valence-corrected chi connectivity index (χ1v) is 15.3. The lowest BCUT2D eigenvalue weighted by molar-refractivity contribution is -0.122. The maximum absolute atomic E-state index is 12.2. The van der Waals surface area contributed by atoms with Crippen molar-refractivity contribution >= 4 is 5.91 Å². The lowest BCUT2D eigenvalue weighted by Gasteiger charge is -2.19. The Morgan fingerprint density at radius 1 is 0.641 bits per heavy atom. The van der Waals surface area contributed by atoms with Crippen molar-refractivity contribution in [3.63, 3.8) is 0 Å². The van der Waals surface area contributed by atoms with Crippen molar-refractivity contribution < 1.29 is 15.0 Å². The van der Waals surface area contributed by atoms with Gasteiger partial charge in [-0.25, -0.2) is 0 Å². The van der Waals surface area contributed by atoms with Crippen LogP contribution in [0.15, 0.2) is 85.1 Å². The molecule has 0 aromatic carbocycles. The van der Waals surface area contributed by atoms with Gasteiger partial charge >= 0.3 is 0 Å². The van der Waals surface area contributed by atoms with Gasteiger partial charge in [-0.1, -0.05) is 131 Å². The highest BCUT2D eigenvalue weighted by Gasteiger charge is 2.17. The van der Waals surface area contributed by atoms with Gasteiger partial charge in [0.2, 0.25) is 5.91 Å². The molecule has 0 heterocycles. The van der Waals surface area contributed by atoms with Gasteiger partial charge in [0.1, 0.15) is 0 Å². The first-order valence-electron chi connectivity index (χ1n) is 15.3. The lowest BCUT2D eigenvalue weighted by Crippen LogP contribution is -2.45. The Labute approximate surface area is 240 Å². The number of carbonyl (C=O) groups is 1. The summed E-state index contributed by atoms with van der Waals surface area (Å²) in [5.41, 5.74) is 0. The van der Waals surface area contributed by atoms with E-state index in [9.17, 15) is 15.0 Å². The Morgan fingerprint density at radius 3 is 1.64 bits per heavy atom. The molecule has 2 atom stereocenters. The van der Waals surface area contributed by atoms with Crippen LogP contribution in [0.4, 0.5) is 0 Å². The molecule has 2 unspecified atom stereocenters. The molecule has 0 rings (SSSR count). The average molecular weight is 540 g/mol. The zero-order valence-electron chi connectivity index (χ0n) is 24.9. The minimum absolute atomic E-state index is 0.156. The Bertz CT molecular complexity index is 758. The molecule has 0 aromatic rings. The van der Waals surface area contributed by atoms with Crippen LogP contribution in [0.1, 0.15) is 110 Å². The monoisotopic (exact) mass is 539 g/mol. The Kier molecular flexibility index (Phi) is 28.2. The van der Waals surface area contributed by atoms with E-state index < -0.39 is 12.1 Å². The third-order valence-electron chi connectivity index (χ3n) is 6.15. The molecule has 0 aliphatic carbocycles. The average Bonchev–Trinajstić information content (AvgIpc) is 2.94. The summed E-state index contributed by atoms with van der Waals surface area (Å²) in [6, 6.07) is -0.663. The second kappa shape index (κ2) is 30.1. The van der Waals surface area contributed by atoms with Crippen molar-refractivity contribution in [2.24, 2.45) is 0 Å². The van der Waals surface area contributed by atoms with Gasteiger partial charge in [0.05, 0.1) is 18.8 Å². The number of hydrogen-bond donors (Lipinski definition) is 3. The predicted molar refractivity (Wildman–Crippen MR) is 170 cm³/mol. The second-order valence-corrected chi connectivity index (χ2v) is 9.79. The van der Waals surface area contributed by atoms with Crippen molar-refractivity contribution in [2.45, 2.75) is 122 Å². The molecule has 0 fully saturated rings. The van der Waals surface area contributed by atoms with Crippen LogP contribution in [0.3, 0.4) is 0 Å². The molecule has 0 saturated carbocycles. The number of aliphatic hydroxyl groups excluding tert-OH is 2. The molecule has 0 radical (unpaired) electrons. The van der Waals surface area contributed by atoms with Gasteiger partial charge in [-0.05, 0) is 57.8 Å². The highest BCUT2D eigenvalue weighted by atomic mass is 16.3. The zero-order valence-corrected chi connectivity index (χ0v) is 24.9. The van der Waals surface area contributed by atoms with E-state index in [0.717, 1.165) is 51.4 Å². The minimum atomic E-state index is -0.870. The van der Waals surface area contributed by atoms with Crippen LogP contribution in [0.2, 0.25) is 0 Å². The Morgan fingerprint density at radius 2 is 1.13 bits per heavy atom. The SMILES string of the molecule is CC/C=C\C/C=C\C/C=C\C/C=C\C/C=C\C/C=C\CCC(=O)NC(CO)C(O)/C=C/CCCCCCCC. The Hall–Kier alpha value is -2.43. The minimum Gasteiger partial charge on any atom is -0.394 e. The first kappa shape index (κ1) is 36.6. The van der Waals surface area contributed by atoms with E-state index in [1.54, 1.807) is 6.08 Å². The van der Waals surface area contributed by atoms with Gasteiger partial charge < -0.3 is 15.5 Å². The molecule has 0 saturated heterocycles. The molecule has 0 aromatic heterocycles. The third-order valence-corrected chi connectivity index (χ3v) is 6.15. The number of rotatable bonds is 25. The topological polar surface area (TPSA) is 69.6 Å². The molecule has 220 valence electrons. The van der Waals surface area contributed by atoms with Crippen LogP contribution in [0.5, 0.6) is 0 Å². The highest BCUT2D eigenvalue weighted by molar-refractivity contribution is 5.76. The van der Waals surface area contributed by atoms with Crippen LogP contribution < -0.4 is 5.32 Å². The van der Waals surface area contributed by atoms with Gasteiger partial charge in [0.15, 0.2) is 0 Å². The molecule has 4 heteroatoms. The number of nitrogens with one attached hydrogen (secondary N) is 1.